The smallest absolute Gasteiger partial charge is 0.328 e. The molecule has 0 aliphatic heterocycles. The van der Waals surface area contributed by atoms with Gasteiger partial charge in [0, 0.05) is 17.7 Å². The molecule has 0 heterocycles. The Balaban J connectivity index is 2.68. The molecule has 0 bridgehead atoms. The monoisotopic (exact) mass is 275 g/mol. The van der Waals surface area contributed by atoms with Gasteiger partial charge in [-0.15, -0.1) is 0 Å². The molecule has 0 radical (unpaired) electrons. The van der Waals surface area contributed by atoms with Crippen molar-refractivity contribution < 1.29 is 14.7 Å². The van der Waals surface area contributed by atoms with Crippen LogP contribution < -0.4 is 5.32 Å². The molecule has 0 aromatic heterocycles. The highest BCUT2D eigenvalue weighted by atomic mass is 16.4. The molecule has 4 heteroatoms. The summed E-state index contributed by atoms with van der Waals surface area (Å²) in [5.74, 6) is -0.669. The van der Waals surface area contributed by atoms with Crippen LogP contribution in [0.1, 0.15) is 43.1 Å². The molecule has 2 unspecified atom stereocenters. The van der Waals surface area contributed by atoms with Crippen LogP contribution in [-0.2, 0) is 4.79 Å². The maximum Gasteiger partial charge on any atom is 0.328 e. The Morgan fingerprint density at radius 1 is 1.25 bits per heavy atom. The van der Waals surface area contributed by atoms with Gasteiger partial charge >= 0.3 is 5.97 Å². The van der Waals surface area contributed by atoms with Crippen LogP contribution in [-0.4, -0.2) is 23.0 Å². The van der Waals surface area contributed by atoms with Crippen LogP contribution in [0.4, 0.5) is 0 Å². The molecule has 1 amide bonds. The van der Waals surface area contributed by atoms with Crippen LogP contribution in [0.25, 0.3) is 6.08 Å². The standard InChI is InChI=1S/C16H21NO3/c1-4-11(2)12(3)17-16(20)14-8-5-13(6-9-14)7-10-15(18)19/h5-12H,4H2,1-3H3,(H,17,20)(H,18,19). The maximum atomic E-state index is 12.0. The van der Waals surface area contributed by atoms with Gasteiger partial charge in [0.1, 0.15) is 0 Å². The van der Waals surface area contributed by atoms with Gasteiger partial charge in [-0.05, 0) is 36.6 Å². The highest BCUT2D eigenvalue weighted by Gasteiger charge is 2.14. The van der Waals surface area contributed by atoms with Crippen molar-refractivity contribution in [2.24, 2.45) is 5.92 Å². The molecule has 0 saturated carbocycles. The predicted molar refractivity (Wildman–Crippen MR) is 79.5 cm³/mol. The first kappa shape index (κ1) is 16.0. The molecular formula is C16H21NO3. The summed E-state index contributed by atoms with van der Waals surface area (Å²) in [6.45, 7) is 6.19. The van der Waals surface area contributed by atoms with E-state index in [2.05, 4.69) is 19.2 Å². The van der Waals surface area contributed by atoms with Crippen molar-refractivity contribution in [1.82, 2.24) is 5.32 Å². The summed E-state index contributed by atoms with van der Waals surface area (Å²) >= 11 is 0. The number of amides is 1. The van der Waals surface area contributed by atoms with Crippen molar-refractivity contribution in [3.8, 4) is 0 Å². The Morgan fingerprint density at radius 3 is 2.35 bits per heavy atom. The molecule has 0 spiro atoms. The van der Waals surface area contributed by atoms with Gasteiger partial charge < -0.3 is 10.4 Å². The molecular weight excluding hydrogens is 254 g/mol. The molecule has 1 aromatic rings. The minimum Gasteiger partial charge on any atom is -0.478 e. The fourth-order valence-electron chi connectivity index (χ4n) is 1.70. The van der Waals surface area contributed by atoms with E-state index in [0.717, 1.165) is 18.1 Å². The number of nitrogens with one attached hydrogen (secondary N) is 1. The summed E-state index contributed by atoms with van der Waals surface area (Å²) in [6, 6.07) is 6.96. The molecule has 0 aliphatic carbocycles. The minimum absolute atomic E-state index is 0.105. The molecule has 0 saturated heterocycles. The first-order valence-electron chi connectivity index (χ1n) is 6.76. The Kier molecular flexibility index (Phi) is 5.97. The van der Waals surface area contributed by atoms with E-state index in [1.165, 1.54) is 6.08 Å². The van der Waals surface area contributed by atoms with E-state index in [1.54, 1.807) is 24.3 Å². The highest BCUT2D eigenvalue weighted by Crippen LogP contribution is 2.10. The number of carboxylic acid groups (broad SMARTS) is 1. The number of hydrogen-bond donors (Lipinski definition) is 2. The van der Waals surface area contributed by atoms with Crippen LogP contribution in [0.2, 0.25) is 0 Å². The Hall–Kier alpha value is -2.10. The predicted octanol–water partition coefficient (Wildman–Crippen LogP) is 2.95. The quantitative estimate of drug-likeness (QED) is 0.784. The van der Waals surface area contributed by atoms with E-state index < -0.39 is 5.97 Å². The molecule has 108 valence electrons. The van der Waals surface area contributed by atoms with E-state index >= 15 is 0 Å². The lowest BCUT2D eigenvalue weighted by atomic mass is 10.0. The van der Waals surface area contributed by atoms with Crippen LogP contribution in [0.5, 0.6) is 0 Å². The molecule has 2 atom stereocenters. The second-order valence-electron chi connectivity index (χ2n) is 4.94. The zero-order valence-corrected chi connectivity index (χ0v) is 12.1. The van der Waals surface area contributed by atoms with Crippen LogP contribution in [0, 0.1) is 5.92 Å². The van der Waals surface area contributed by atoms with E-state index in [0.29, 0.717) is 11.5 Å². The third-order valence-corrected chi connectivity index (χ3v) is 3.45. The number of rotatable bonds is 6. The summed E-state index contributed by atoms with van der Waals surface area (Å²) in [6.07, 6.45) is 3.58. The first-order valence-corrected chi connectivity index (χ1v) is 6.76. The van der Waals surface area contributed by atoms with Gasteiger partial charge in [0.05, 0.1) is 0 Å². The third kappa shape index (κ3) is 4.88. The highest BCUT2D eigenvalue weighted by molar-refractivity contribution is 5.94. The van der Waals surface area contributed by atoms with Crippen LogP contribution in [0.15, 0.2) is 30.3 Å². The summed E-state index contributed by atoms with van der Waals surface area (Å²) in [4.78, 5) is 22.4. The van der Waals surface area contributed by atoms with E-state index in [1.807, 2.05) is 6.92 Å². The number of benzene rings is 1. The third-order valence-electron chi connectivity index (χ3n) is 3.45. The fourth-order valence-corrected chi connectivity index (χ4v) is 1.70. The molecule has 0 aliphatic rings. The zero-order valence-electron chi connectivity index (χ0n) is 12.1. The van der Waals surface area contributed by atoms with Crippen molar-refractivity contribution >= 4 is 18.0 Å². The van der Waals surface area contributed by atoms with Crippen molar-refractivity contribution in [2.45, 2.75) is 33.2 Å². The van der Waals surface area contributed by atoms with Gasteiger partial charge in [-0.1, -0.05) is 32.4 Å². The van der Waals surface area contributed by atoms with Crippen molar-refractivity contribution in [2.75, 3.05) is 0 Å². The summed E-state index contributed by atoms with van der Waals surface area (Å²) in [5, 5.41) is 11.5. The van der Waals surface area contributed by atoms with Crippen molar-refractivity contribution in [3.63, 3.8) is 0 Å². The first-order chi connectivity index (χ1) is 9.43. The van der Waals surface area contributed by atoms with Crippen molar-refractivity contribution in [1.29, 1.82) is 0 Å². The van der Waals surface area contributed by atoms with Gasteiger partial charge in [-0.2, -0.15) is 0 Å². The van der Waals surface area contributed by atoms with Crippen LogP contribution in [0.3, 0.4) is 0 Å². The van der Waals surface area contributed by atoms with E-state index in [-0.39, 0.29) is 11.9 Å². The molecule has 4 nitrogen and oxygen atoms in total. The van der Waals surface area contributed by atoms with E-state index in [9.17, 15) is 9.59 Å². The summed E-state index contributed by atoms with van der Waals surface area (Å²) in [5.41, 5.74) is 1.33. The molecule has 1 rings (SSSR count). The summed E-state index contributed by atoms with van der Waals surface area (Å²) < 4.78 is 0. The summed E-state index contributed by atoms with van der Waals surface area (Å²) in [7, 11) is 0. The lowest BCUT2D eigenvalue weighted by Crippen LogP contribution is -2.36. The Bertz CT molecular complexity index is 491. The van der Waals surface area contributed by atoms with E-state index in [4.69, 9.17) is 5.11 Å². The Labute approximate surface area is 119 Å². The largest absolute Gasteiger partial charge is 0.478 e. The molecule has 20 heavy (non-hydrogen) atoms. The number of carbonyl (C=O) groups excluding carboxylic acids is 1. The molecule has 2 N–H and O–H groups in total. The van der Waals surface area contributed by atoms with Gasteiger partial charge in [0.15, 0.2) is 0 Å². The van der Waals surface area contributed by atoms with Gasteiger partial charge in [0.25, 0.3) is 5.91 Å². The zero-order chi connectivity index (χ0) is 15.1. The minimum atomic E-state index is -0.991. The SMILES string of the molecule is CCC(C)C(C)NC(=O)c1ccc(C=CC(=O)O)cc1. The average molecular weight is 275 g/mol. The normalized spacial score (nSPS) is 13.9. The fraction of sp³-hybridized carbons (Fsp3) is 0.375. The number of carbonyl (C=O) groups is 2. The number of carboxylic acids is 1. The second-order valence-corrected chi connectivity index (χ2v) is 4.94. The molecule has 0 fully saturated rings. The molecule has 1 aromatic carbocycles. The number of aliphatic carboxylic acids is 1. The Morgan fingerprint density at radius 2 is 1.85 bits per heavy atom. The number of hydrogen-bond acceptors (Lipinski definition) is 2. The van der Waals surface area contributed by atoms with Gasteiger partial charge in [-0.3, -0.25) is 4.79 Å². The van der Waals surface area contributed by atoms with Crippen LogP contribution >= 0.6 is 0 Å². The lowest BCUT2D eigenvalue weighted by Gasteiger charge is -2.19. The maximum absolute atomic E-state index is 12.0. The topological polar surface area (TPSA) is 66.4 Å². The van der Waals surface area contributed by atoms with Gasteiger partial charge in [-0.25, -0.2) is 4.79 Å². The van der Waals surface area contributed by atoms with Gasteiger partial charge in [0.2, 0.25) is 0 Å². The van der Waals surface area contributed by atoms with Crippen molar-refractivity contribution in [3.05, 3.63) is 41.5 Å². The average Bonchev–Trinajstić information content (AvgIpc) is 2.44. The second kappa shape index (κ2) is 7.48. The lowest BCUT2D eigenvalue weighted by molar-refractivity contribution is -0.131.